The molecule has 0 spiro atoms. The van der Waals surface area contributed by atoms with Gasteiger partial charge in [-0.25, -0.2) is 0 Å². The molecule has 4 nitrogen and oxygen atoms in total. The fourth-order valence-corrected chi connectivity index (χ4v) is 2.25. The monoisotopic (exact) mass is 302 g/mol. The molecule has 0 saturated carbocycles. The highest BCUT2D eigenvalue weighted by Gasteiger charge is 2.30. The highest BCUT2D eigenvalue weighted by Crippen LogP contribution is 2.22. The molecule has 0 bridgehead atoms. The van der Waals surface area contributed by atoms with Crippen LogP contribution < -0.4 is 15.4 Å². The Hall–Kier alpha value is -1.76. The normalized spacial score (nSPS) is 19.1. The third kappa shape index (κ3) is 5.63. The summed E-state index contributed by atoms with van der Waals surface area (Å²) in [5, 5.41) is 6.10. The first-order valence-corrected chi connectivity index (χ1v) is 6.77. The van der Waals surface area contributed by atoms with Gasteiger partial charge in [-0.3, -0.25) is 4.79 Å². The Labute approximate surface area is 120 Å². The third-order valence-corrected chi connectivity index (χ3v) is 3.18. The maximum atomic E-state index is 12.0. The topological polar surface area (TPSA) is 50.4 Å². The summed E-state index contributed by atoms with van der Waals surface area (Å²) in [5.41, 5.74) is 0.644. The first-order chi connectivity index (χ1) is 9.92. The van der Waals surface area contributed by atoms with Crippen LogP contribution in [0.1, 0.15) is 18.4 Å². The lowest BCUT2D eigenvalue weighted by molar-refractivity contribution is -0.274. The Morgan fingerprint density at radius 3 is 2.62 bits per heavy atom. The van der Waals surface area contributed by atoms with E-state index in [4.69, 9.17) is 0 Å². The number of hydrogen-bond donors (Lipinski definition) is 2. The van der Waals surface area contributed by atoms with Crippen molar-refractivity contribution in [3.05, 3.63) is 29.8 Å². The minimum absolute atomic E-state index is 0.124. The van der Waals surface area contributed by atoms with Gasteiger partial charge in [0.05, 0.1) is 6.42 Å². The fraction of sp³-hybridized carbons (Fsp3) is 0.500. The van der Waals surface area contributed by atoms with Crippen LogP contribution in [0.15, 0.2) is 24.3 Å². The molecule has 21 heavy (non-hydrogen) atoms. The number of carbonyl (C=O) groups is 1. The number of carbonyl (C=O) groups excluding carboxylic acids is 1. The first-order valence-electron chi connectivity index (χ1n) is 6.77. The summed E-state index contributed by atoms with van der Waals surface area (Å²) < 4.78 is 39.8. The molecule has 1 aliphatic rings. The number of rotatable bonds is 4. The molecule has 2 N–H and O–H groups in total. The summed E-state index contributed by atoms with van der Waals surface area (Å²) in [6, 6.07) is 5.45. The Morgan fingerprint density at radius 2 is 2.05 bits per heavy atom. The molecule has 2 rings (SSSR count). The highest BCUT2D eigenvalue weighted by molar-refractivity contribution is 5.78. The van der Waals surface area contributed by atoms with E-state index >= 15 is 0 Å². The summed E-state index contributed by atoms with van der Waals surface area (Å²) >= 11 is 0. The van der Waals surface area contributed by atoms with Gasteiger partial charge in [0, 0.05) is 12.6 Å². The molecule has 1 aromatic rings. The first kappa shape index (κ1) is 15.6. The zero-order valence-corrected chi connectivity index (χ0v) is 11.4. The van der Waals surface area contributed by atoms with Gasteiger partial charge in [0.1, 0.15) is 5.75 Å². The Bertz CT molecular complexity index is 468. The number of amides is 1. The van der Waals surface area contributed by atoms with E-state index in [2.05, 4.69) is 15.4 Å². The van der Waals surface area contributed by atoms with Crippen molar-refractivity contribution in [2.45, 2.75) is 31.7 Å². The number of hydrogen-bond acceptors (Lipinski definition) is 3. The molecule has 1 amide bonds. The van der Waals surface area contributed by atoms with E-state index in [9.17, 15) is 18.0 Å². The summed E-state index contributed by atoms with van der Waals surface area (Å²) in [5.74, 6) is -0.420. The standard InChI is InChI=1S/C14H17F3N2O2/c15-14(16,17)21-12-5-3-10(4-6-12)8-13(20)19-11-2-1-7-18-9-11/h3-6,11,18H,1-2,7-9H2,(H,19,20). The van der Waals surface area contributed by atoms with Crippen LogP contribution in [0, 0.1) is 0 Å². The van der Waals surface area contributed by atoms with Crippen molar-refractivity contribution in [2.75, 3.05) is 13.1 Å². The lowest BCUT2D eigenvalue weighted by Crippen LogP contribution is -2.46. The van der Waals surface area contributed by atoms with Crippen molar-refractivity contribution in [2.24, 2.45) is 0 Å². The van der Waals surface area contributed by atoms with Crippen LogP contribution in [-0.4, -0.2) is 31.4 Å². The van der Waals surface area contributed by atoms with E-state index in [1.807, 2.05) is 0 Å². The van der Waals surface area contributed by atoms with E-state index in [0.717, 1.165) is 25.9 Å². The molecule has 1 fully saturated rings. The fourth-order valence-electron chi connectivity index (χ4n) is 2.25. The molecule has 1 heterocycles. The van der Waals surface area contributed by atoms with Crippen molar-refractivity contribution >= 4 is 5.91 Å². The molecular formula is C14H17F3N2O2. The van der Waals surface area contributed by atoms with E-state index in [0.29, 0.717) is 5.56 Å². The van der Waals surface area contributed by atoms with Crippen molar-refractivity contribution in [1.29, 1.82) is 0 Å². The zero-order chi connectivity index (χ0) is 15.3. The van der Waals surface area contributed by atoms with Crippen molar-refractivity contribution in [3.8, 4) is 5.75 Å². The van der Waals surface area contributed by atoms with Crippen molar-refractivity contribution < 1.29 is 22.7 Å². The zero-order valence-electron chi connectivity index (χ0n) is 11.4. The number of ether oxygens (including phenoxy) is 1. The Balaban J connectivity index is 1.83. The van der Waals surface area contributed by atoms with Gasteiger partial charge in [0.25, 0.3) is 0 Å². The number of halogens is 3. The molecule has 0 aromatic heterocycles. The summed E-state index contributed by atoms with van der Waals surface area (Å²) in [7, 11) is 0. The SMILES string of the molecule is O=C(Cc1ccc(OC(F)(F)F)cc1)NC1CCCNC1. The van der Waals surface area contributed by atoms with Crippen LogP contribution in [0.2, 0.25) is 0 Å². The van der Waals surface area contributed by atoms with Gasteiger partial charge in [-0.15, -0.1) is 13.2 Å². The summed E-state index contributed by atoms with van der Waals surface area (Å²) in [4.78, 5) is 11.8. The highest BCUT2D eigenvalue weighted by atomic mass is 19.4. The van der Waals surface area contributed by atoms with Gasteiger partial charge >= 0.3 is 6.36 Å². The lowest BCUT2D eigenvalue weighted by atomic mass is 10.1. The molecular weight excluding hydrogens is 285 g/mol. The molecule has 1 atom stereocenters. The van der Waals surface area contributed by atoms with Crippen LogP contribution in [0.3, 0.4) is 0 Å². The van der Waals surface area contributed by atoms with E-state index < -0.39 is 6.36 Å². The smallest absolute Gasteiger partial charge is 0.406 e. The van der Waals surface area contributed by atoms with Gasteiger partial charge in [-0.05, 0) is 37.1 Å². The molecule has 1 saturated heterocycles. The van der Waals surface area contributed by atoms with Crippen molar-refractivity contribution in [1.82, 2.24) is 10.6 Å². The number of benzene rings is 1. The third-order valence-electron chi connectivity index (χ3n) is 3.18. The van der Waals surface area contributed by atoms with Crippen LogP contribution in [0.5, 0.6) is 5.75 Å². The molecule has 0 aliphatic carbocycles. The van der Waals surface area contributed by atoms with E-state index in [-0.39, 0.29) is 24.1 Å². The minimum Gasteiger partial charge on any atom is -0.406 e. The Kier molecular flexibility index (Phi) is 5.06. The lowest BCUT2D eigenvalue weighted by Gasteiger charge is -2.23. The van der Waals surface area contributed by atoms with Gasteiger partial charge in [-0.2, -0.15) is 0 Å². The second-order valence-electron chi connectivity index (χ2n) is 4.98. The Morgan fingerprint density at radius 1 is 1.33 bits per heavy atom. The van der Waals surface area contributed by atoms with Gasteiger partial charge in [-0.1, -0.05) is 12.1 Å². The molecule has 1 unspecified atom stereocenters. The van der Waals surface area contributed by atoms with Crippen LogP contribution in [0.25, 0.3) is 0 Å². The average molecular weight is 302 g/mol. The second kappa shape index (κ2) is 6.80. The van der Waals surface area contributed by atoms with Crippen LogP contribution in [-0.2, 0) is 11.2 Å². The van der Waals surface area contributed by atoms with Gasteiger partial charge < -0.3 is 15.4 Å². The molecule has 1 aliphatic heterocycles. The average Bonchev–Trinajstić information content (AvgIpc) is 2.40. The maximum Gasteiger partial charge on any atom is 0.573 e. The predicted octanol–water partition coefficient (Wildman–Crippen LogP) is 2.00. The maximum absolute atomic E-state index is 12.0. The van der Waals surface area contributed by atoms with E-state index in [1.54, 1.807) is 0 Å². The molecule has 116 valence electrons. The van der Waals surface area contributed by atoms with E-state index in [1.165, 1.54) is 24.3 Å². The van der Waals surface area contributed by atoms with Gasteiger partial charge in [0.2, 0.25) is 5.91 Å². The predicted molar refractivity (Wildman–Crippen MR) is 70.9 cm³/mol. The summed E-state index contributed by atoms with van der Waals surface area (Å²) in [6.45, 7) is 1.72. The van der Waals surface area contributed by atoms with Crippen LogP contribution in [0.4, 0.5) is 13.2 Å². The summed E-state index contributed by atoms with van der Waals surface area (Å²) in [6.07, 6.45) is -2.60. The number of piperidine rings is 1. The largest absolute Gasteiger partial charge is 0.573 e. The molecule has 7 heteroatoms. The van der Waals surface area contributed by atoms with Gasteiger partial charge in [0.15, 0.2) is 0 Å². The second-order valence-corrected chi connectivity index (χ2v) is 4.98. The molecule has 1 aromatic carbocycles. The minimum atomic E-state index is -4.70. The molecule has 0 radical (unpaired) electrons. The number of nitrogens with one attached hydrogen (secondary N) is 2. The van der Waals surface area contributed by atoms with Crippen molar-refractivity contribution in [3.63, 3.8) is 0 Å². The quantitative estimate of drug-likeness (QED) is 0.894. The number of alkyl halides is 3. The van der Waals surface area contributed by atoms with Crippen LogP contribution >= 0.6 is 0 Å².